The highest BCUT2D eigenvalue weighted by Gasteiger charge is 2.15. The van der Waals surface area contributed by atoms with Crippen LogP contribution in [0.1, 0.15) is 11.6 Å². The van der Waals surface area contributed by atoms with E-state index in [-0.39, 0.29) is 6.04 Å². The highest BCUT2D eigenvalue weighted by molar-refractivity contribution is 9.10. The minimum atomic E-state index is 0.173. The molecule has 2 aromatic rings. The van der Waals surface area contributed by atoms with Gasteiger partial charge in [-0.15, -0.1) is 11.8 Å². The van der Waals surface area contributed by atoms with Crippen molar-refractivity contribution in [1.82, 2.24) is 5.32 Å². The van der Waals surface area contributed by atoms with Crippen LogP contribution in [0.25, 0.3) is 0 Å². The summed E-state index contributed by atoms with van der Waals surface area (Å²) in [5.74, 6) is 1.75. The molecule has 0 radical (unpaired) electrons. The number of halogens is 2. The number of nitrogens with one attached hydrogen (secondary N) is 1. The SMILES string of the molecule is CNC(CSc1ccc(Br)cc1)c1cc(Cl)ccc1OC. The third-order valence-corrected chi connectivity index (χ3v) is 5.02. The number of thioether (sulfide) groups is 1. The van der Waals surface area contributed by atoms with Gasteiger partial charge in [0.05, 0.1) is 7.11 Å². The Morgan fingerprint density at radius 2 is 1.95 bits per heavy atom. The van der Waals surface area contributed by atoms with E-state index >= 15 is 0 Å². The van der Waals surface area contributed by atoms with Crippen molar-refractivity contribution in [3.63, 3.8) is 0 Å². The average Bonchev–Trinajstić information content (AvgIpc) is 2.50. The fourth-order valence-corrected chi connectivity index (χ4v) is 3.50. The molecule has 2 aromatic carbocycles. The predicted octanol–water partition coefficient (Wildman–Crippen LogP) is 5.16. The van der Waals surface area contributed by atoms with Gasteiger partial charge in [-0.05, 0) is 49.5 Å². The van der Waals surface area contributed by atoms with Crippen LogP contribution in [0, 0.1) is 0 Å². The second-order valence-electron chi connectivity index (χ2n) is 4.49. The van der Waals surface area contributed by atoms with Gasteiger partial charge in [0.2, 0.25) is 0 Å². The molecule has 0 aromatic heterocycles. The Kier molecular flexibility index (Phi) is 6.42. The number of ether oxygens (including phenoxy) is 1. The Hall–Kier alpha value is -0.680. The Bertz CT molecular complexity index is 591. The van der Waals surface area contributed by atoms with Gasteiger partial charge in [0.1, 0.15) is 5.75 Å². The summed E-state index contributed by atoms with van der Waals surface area (Å²) in [6, 6.07) is 14.2. The molecular formula is C16H17BrClNOS. The lowest BCUT2D eigenvalue weighted by Gasteiger charge is -2.19. The van der Waals surface area contributed by atoms with Crippen LogP contribution in [0.2, 0.25) is 5.02 Å². The van der Waals surface area contributed by atoms with Crippen LogP contribution in [-0.2, 0) is 0 Å². The summed E-state index contributed by atoms with van der Waals surface area (Å²) in [4.78, 5) is 1.24. The van der Waals surface area contributed by atoms with Gasteiger partial charge in [-0.25, -0.2) is 0 Å². The minimum Gasteiger partial charge on any atom is -0.496 e. The van der Waals surface area contributed by atoms with Gasteiger partial charge in [0, 0.05) is 31.7 Å². The van der Waals surface area contributed by atoms with Crippen molar-refractivity contribution < 1.29 is 4.74 Å². The molecular weight excluding hydrogens is 370 g/mol. The van der Waals surface area contributed by atoms with Crippen LogP contribution < -0.4 is 10.1 Å². The Morgan fingerprint density at radius 1 is 1.24 bits per heavy atom. The maximum Gasteiger partial charge on any atom is 0.123 e. The number of rotatable bonds is 6. The molecule has 2 rings (SSSR count). The minimum absolute atomic E-state index is 0.173. The second-order valence-corrected chi connectivity index (χ2v) is 6.94. The molecule has 0 fully saturated rings. The molecule has 0 bridgehead atoms. The van der Waals surface area contributed by atoms with Gasteiger partial charge in [-0.1, -0.05) is 27.5 Å². The van der Waals surface area contributed by atoms with Gasteiger partial charge in [0.25, 0.3) is 0 Å². The molecule has 0 aliphatic heterocycles. The van der Waals surface area contributed by atoms with E-state index in [4.69, 9.17) is 16.3 Å². The molecule has 0 spiro atoms. The smallest absolute Gasteiger partial charge is 0.123 e. The lowest BCUT2D eigenvalue weighted by atomic mass is 10.1. The first-order chi connectivity index (χ1) is 10.1. The molecule has 0 saturated carbocycles. The Balaban J connectivity index is 2.12. The third kappa shape index (κ3) is 4.65. The fraction of sp³-hybridized carbons (Fsp3) is 0.250. The highest BCUT2D eigenvalue weighted by Crippen LogP contribution is 2.32. The van der Waals surface area contributed by atoms with E-state index in [1.807, 2.05) is 25.2 Å². The monoisotopic (exact) mass is 385 g/mol. The second kappa shape index (κ2) is 8.08. The standard InChI is InChI=1S/C16H17BrClNOS/c1-19-15(10-21-13-6-3-11(17)4-7-13)14-9-12(18)5-8-16(14)20-2/h3-9,15,19H,10H2,1-2H3. The molecule has 0 amide bonds. The average molecular weight is 387 g/mol. The summed E-state index contributed by atoms with van der Waals surface area (Å²) in [5.41, 5.74) is 1.08. The topological polar surface area (TPSA) is 21.3 Å². The lowest BCUT2D eigenvalue weighted by Crippen LogP contribution is -2.19. The summed E-state index contributed by atoms with van der Waals surface area (Å²) in [5, 5.41) is 4.06. The maximum absolute atomic E-state index is 6.11. The largest absolute Gasteiger partial charge is 0.496 e. The van der Waals surface area contributed by atoms with Crippen LogP contribution >= 0.6 is 39.3 Å². The maximum atomic E-state index is 6.11. The van der Waals surface area contributed by atoms with Gasteiger partial charge >= 0.3 is 0 Å². The van der Waals surface area contributed by atoms with Crippen LogP contribution in [0.4, 0.5) is 0 Å². The van der Waals surface area contributed by atoms with Crippen molar-refractivity contribution in [2.75, 3.05) is 19.9 Å². The summed E-state index contributed by atoms with van der Waals surface area (Å²) < 4.78 is 6.53. The molecule has 1 unspecified atom stereocenters. The molecule has 5 heteroatoms. The van der Waals surface area contributed by atoms with E-state index in [9.17, 15) is 0 Å². The predicted molar refractivity (Wildman–Crippen MR) is 94.7 cm³/mol. The number of hydrogen-bond acceptors (Lipinski definition) is 3. The summed E-state index contributed by atoms with van der Waals surface area (Å²) in [6.45, 7) is 0. The van der Waals surface area contributed by atoms with E-state index in [0.717, 1.165) is 26.6 Å². The third-order valence-electron chi connectivity index (χ3n) is 3.15. The molecule has 0 heterocycles. The van der Waals surface area contributed by atoms with E-state index in [0.29, 0.717) is 0 Å². The van der Waals surface area contributed by atoms with Crippen molar-refractivity contribution in [1.29, 1.82) is 0 Å². The molecule has 2 nitrogen and oxygen atoms in total. The normalized spacial score (nSPS) is 12.2. The lowest BCUT2D eigenvalue weighted by molar-refractivity contribution is 0.404. The summed E-state index contributed by atoms with van der Waals surface area (Å²) >= 11 is 11.4. The number of hydrogen-bond donors (Lipinski definition) is 1. The van der Waals surface area contributed by atoms with E-state index in [2.05, 4.69) is 45.5 Å². The van der Waals surface area contributed by atoms with Crippen molar-refractivity contribution in [2.24, 2.45) is 0 Å². The van der Waals surface area contributed by atoms with Crippen LogP contribution in [0.5, 0.6) is 5.75 Å². The van der Waals surface area contributed by atoms with Crippen LogP contribution in [0.15, 0.2) is 51.8 Å². The Morgan fingerprint density at radius 3 is 2.57 bits per heavy atom. The molecule has 1 N–H and O–H groups in total. The van der Waals surface area contributed by atoms with E-state index < -0.39 is 0 Å². The first kappa shape index (κ1) is 16.7. The zero-order chi connectivity index (χ0) is 15.2. The molecule has 112 valence electrons. The molecule has 1 atom stereocenters. The van der Waals surface area contributed by atoms with Crippen molar-refractivity contribution >= 4 is 39.3 Å². The first-order valence-corrected chi connectivity index (χ1v) is 8.68. The fourth-order valence-electron chi connectivity index (χ4n) is 2.02. The molecule has 0 saturated heterocycles. The number of methoxy groups -OCH3 is 1. The van der Waals surface area contributed by atoms with Crippen molar-refractivity contribution in [3.8, 4) is 5.75 Å². The molecule has 0 aliphatic rings. The first-order valence-electron chi connectivity index (χ1n) is 6.53. The summed E-state index contributed by atoms with van der Waals surface area (Å²) in [6.07, 6.45) is 0. The van der Waals surface area contributed by atoms with Crippen molar-refractivity contribution in [3.05, 3.63) is 57.5 Å². The van der Waals surface area contributed by atoms with E-state index in [1.165, 1.54) is 4.90 Å². The highest BCUT2D eigenvalue weighted by atomic mass is 79.9. The quantitative estimate of drug-likeness (QED) is 0.693. The van der Waals surface area contributed by atoms with Crippen LogP contribution in [-0.4, -0.2) is 19.9 Å². The van der Waals surface area contributed by atoms with Gasteiger partial charge < -0.3 is 10.1 Å². The van der Waals surface area contributed by atoms with Crippen molar-refractivity contribution in [2.45, 2.75) is 10.9 Å². The zero-order valence-corrected chi connectivity index (χ0v) is 15.1. The zero-order valence-electron chi connectivity index (χ0n) is 11.9. The van der Waals surface area contributed by atoms with Gasteiger partial charge in [0.15, 0.2) is 0 Å². The van der Waals surface area contributed by atoms with Crippen LogP contribution in [0.3, 0.4) is 0 Å². The van der Waals surface area contributed by atoms with Gasteiger partial charge in [-0.2, -0.15) is 0 Å². The van der Waals surface area contributed by atoms with Gasteiger partial charge in [-0.3, -0.25) is 0 Å². The Labute approximate surface area is 143 Å². The number of benzene rings is 2. The molecule has 0 aliphatic carbocycles. The molecule has 21 heavy (non-hydrogen) atoms. The van der Waals surface area contributed by atoms with E-state index in [1.54, 1.807) is 18.9 Å². The summed E-state index contributed by atoms with van der Waals surface area (Å²) in [7, 11) is 3.63.